The van der Waals surface area contributed by atoms with Gasteiger partial charge in [0.05, 0.1) is 11.4 Å². The molecule has 0 amide bonds. The Balaban J connectivity index is 1.96. The monoisotopic (exact) mass is 378 g/mol. The van der Waals surface area contributed by atoms with Crippen LogP contribution < -0.4 is 0 Å². The first-order valence-electron chi connectivity index (χ1n) is 8.13. The molecule has 2 rings (SSSR count). The maximum Gasteiger partial charge on any atom is 0.268 e. The fraction of sp³-hybridized carbons (Fsp3) is 0.263. The second-order valence-corrected chi connectivity index (χ2v) is 7.74. The zero-order valence-electron chi connectivity index (χ0n) is 14.1. The Morgan fingerprint density at radius 2 is 1.46 bits per heavy atom. The number of aryl methyl sites for hydroxylation is 1. The van der Waals surface area contributed by atoms with E-state index in [4.69, 9.17) is 0 Å². The normalized spacial score (nSPS) is 14.4. The molecule has 0 saturated carbocycles. The van der Waals surface area contributed by atoms with Crippen LogP contribution in [0.1, 0.15) is 30.1 Å². The molecule has 0 spiro atoms. The third-order valence-electron chi connectivity index (χ3n) is 4.06. The van der Waals surface area contributed by atoms with Crippen LogP contribution in [0.4, 0.5) is 0 Å². The average Bonchev–Trinajstić information content (AvgIpc) is 2.58. The van der Waals surface area contributed by atoms with E-state index < -0.39 is 21.5 Å². The van der Waals surface area contributed by atoms with E-state index in [2.05, 4.69) is 0 Å². The maximum absolute atomic E-state index is 11.6. The fourth-order valence-electron chi connectivity index (χ4n) is 2.52. The van der Waals surface area contributed by atoms with Gasteiger partial charge in [-0.15, -0.1) is 0 Å². The van der Waals surface area contributed by atoms with Gasteiger partial charge in [-0.25, -0.2) is 0 Å². The molecule has 0 aliphatic carbocycles. The van der Waals surface area contributed by atoms with Crippen LogP contribution in [0.2, 0.25) is 0 Å². The van der Waals surface area contributed by atoms with E-state index in [9.17, 15) is 28.3 Å². The molecule has 0 aliphatic rings. The van der Waals surface area contributed by atoms with Crippen molar-refractivity contribution in [1.82, 2.24) is 0 Å². The van der Waals surface area contributed by atoms with Gasteiger partial charge in [0, 0.05) is 0 Å². The van der Waals surface area contributed by atoms with Gasteiger partial charge in [0.1, 0.15) is 11.5 Å². The Kier molecular flexibility index (Phi) is 6.79. The molecule has 7 heteroatoms. The summed E-state index contributed by atoms with van der Waals surface area (Å²) in [5, 5.41) is 27.6. The molecule has 6 nitrogen and oxygen atoms in total. The van der Waals surface area contributed by atoms with Crippen molar-refractivity contribution >= 4 is 10.1 Å². The molecule has 0 heterocycles. The van der Waals surface area contributed by atoms with E-state index in [0.29, 0.717) is 12.0 Å². The summed E-state index contributed by atoms with van der Waals surface area (Å²) in [7, 11) is -4.23. The van der Waals surface area contributed by atoms with Gasteiger partial charge in [-0.3, -0.25) is 4.55 Å². The average molecular weight is 378 g/mol. The number of phenols is 2. The smallest absolute Gasteiger partial charge is 0.268 e. The first-order valence-corrected chi connectivity index (χ1v) is 9.64. The lowest BCUT2D eigenvalue weighted by molar-refractivity contribution is 0.228. The van der Waals surface area contributed by atoms with Crippen LogP contribution in [-0.2, 0) is 16.5 Å². The molecule has 140 valence electrons. The highest BCUT2D eigenvalue weighted by atomic mass is 32.2. The number of rotatable bonds is 8. The fourth-order valence-corrected chi connectivity index (χ4v) is 3.29. The maximum atomic E-state index is 11.6. The molecular formula is C19H22O6S. The van der Waals surface area contributed by atoms with Crippen LogP contribution in [0, 0.1) is 0 Å². The third-order valence-corrected chi connectivity index (χ3v) is 5.34. The van der Waals surface area contributed by atoms with E-state index in [-0.39, 0.29) is 24.3 Å². The van der Waals surface area contributed by atoms with Crippen molar-refractivity contribution in [3.05, 3.63) is 71.8 Å². The van der Waals surface area contributed by atoms with Crippen LogP contribution in [-0.4, -0.2) is 33.5 Å². The lowest BCUT2D eigenvalue weighted by atomic mass is 10.1. The summed E-state index contributed by atoms with van der Waals surface area (Å²) in [6.45, 7) is 0. The second-order valence-electron chi connectivity index (χ2n) is 6.04. The van der Waals surface area contributed by atoms with E-state index in [1.165, 1.54) is 36.4 Å². The minimum atomic E-state index is -4.23. The molecule has 0 unspecified atom stereocenters. The predicted molar refractivity (Wildman–Crippen MR) is 98.6 cm³/mol. The van der Waals surface area contributed by atoms with Crippen molar-refractivity contribution in [2.45, 2.75) is 30.6 Å². The van der Waals surface area contributed by atoms with Gasteiger partial charge in [-0.05, 0) is 54.7 Å². The van der Waals surface area contributed by atoms with Crippen molar-refractivity contribution < 1.29 is 28.3 Å². The van der Waals surface area contributed by atoms with Crippen LogP contribution >= 0.6 is 0 Å². The van der Waals surface area contributed by atoms with E-state index in [1.807, 2.05) is 0 Å². The number of allylic oxidation sites excluding steroid dienone is 1. The minimum Gasteiger partial charge on any atom is -0.508 e. The van der Waals surface area contributed by atoms with E-state index in [0.717, 1.165) is 5.56 Å². The van der Waals surface area contributed by atoms with Crippen LogP contribution in [0.15, 0.2) is 60.7 Å². The van der Waals surface area contributed by atoms with E-state index >= 15 is 0 Å². The van der Waals surface area contributed by atoms with Gasteiger partial charge in [-0.2, -0.15) is 8.42 Å². The number of hydrogen-bond acceptors (Lipinski definition) is 5. The number of phenolic OH excluding ortho intramolecular Hbond substituents is 2. The first kappa shape index (κ1) is 20.0. The SMILES string of the molecule is O=S(=O)(O)[C@@H](CC=C[C@@H](O)c1ccc(O)cc1)CCc1ccc(O)cc1. The Bertz CT molecular complexity index is 825. The lowest BCUT2D eigenvalue weighted by Gasteiger charge is -2.12. The number of hydrogen-bond donors (Lipinski definition) is 4. The summed E-state index contributed by atoms with van der Waals surface area (Å²) in [4.78, 5) is 0. The Morgan fingerprint density at radius 1 is 0.923 bits per heavy atom. The molecular weight excluding hydrogens is 356 g/mol. The van der Waals surface area contributed by atoms with E-state index in [1.54, 1.807) is 24.3 Å². The highest BCUT2D eigenvalue weighted by Gasteiger charge is 2.21. The van der Waals surface area contributed by atoms with Gasteiger partial charge in [0.25, 0.3) is 10.1 Å². The van der Waals surface area contributed by atoms with Crippen LogP contribution in [0.25, 0.3) is 0 Å². The molecule has 0 aliphatic heterocycles. The Labute approximate surface area is 152 Å². The predicted octanol–water partition coefficient (Wildman–Crippen LogP) is 2.97. The topological polar surface area (TPSA) is 115 Å². The molecule has 0 fully saturated rings. The summed E-state index contributed by atoms with van der Waals surface area (Å²) < 4.78 is 32.6. The van der Waals surface area contributed by atoms with Crippen molar-refractivity contribution in [3.63, 3.8) is 0 Å². The highest BCUT2D eigenvalue weighted by Crippen LogP contribution is 2.20. The molecule has 0 aromatic heterocycles. The molecule has 4 N–H and O–H groups in total. The zero-order chi connectivity index (χ0) is 19.2. The van der Waals surface area contributed by atoms with Gasteiger partial charge in [-0.1, -0.05) is 36.4 Å². The lowest BCUT2D eigenvalue weighted by Crippen LogP contribution is -2.20. The first-order chi connectivity index (χ1) is 12.3. The number of aliphatic hydroxyl groups excluding tert-OH is 1. The summed E-state index contributed by atoms with van der Waals surface area (Å²) in [6.07, 6.45) is 2.74. The van der Waals surface area contributed by atoms with Gasteiger partial charge >= 0.3 is 0 Å². The van der Waals surface area contributed by atoms with Crippen LogP contribution in [0.5, 0.6) is 11.5 Å². The molecule has 0 bridgehead atoms. The largest absolute Gasteiger partial charge is 0.508 e. The number of benzene rings is 2. The second kappa shape index (κ2) is 8.84. The molecule has 2 aromatic carbocycles. The van der Waals surface area contributed by atoms with Crippen molar-refractivity contribution in [1.29, 1.82) is 0 Å². The summed E-state index contributed by atoms with van der Waals surface area (Å²) in [5.41, 5.74) is 1.41. The third kappa shape index (κ3) is 6.18. The number of aromatic hydroxyl groups is 2. The minimum absolute atomic E-state index is 0.0616. The standard InChI is InChI=1S/C19H22O6S/c20-16-9-4-14(5-10-16)6-13-18(26(23,24)25)2-1-3-19(22)15-7-11-17(21)12-8-15/h1,3-5,7-12,18-22H,2,6,13H2,(H,23,24,25)/t18-,19+/m0/s1. The van der Waals surface area contributed by atoms with Crippen molar-refractivity contribution in [2.24, 2.45) is 0 Å². The van der Waals surface area contributed by atoms with Crippen molar-refractivity contribution in [2.75, 3.05) is 0 Å². The number of aliphatic hydroxyl groups is 1. The highest BCUT2D eigenvalue weighted by molar-refractivity contribution is 7.86. The van der Waals surface area contributed by atoms with Gasteiger partial charge in [0.15, 0.2) is 0 Å². The summed E-state index contributed by atoms with van der Waals surface area (Å²) in [5.74, 6) is 0.219. The molecule has 26 heavy (non-hydrogen) atoms. The molecule has 0 radical (unpaired) electrons. The quantitative estimate of drug-likeness (QED) is 0.415. The molecule has 0 saturated heterocycles. The van der Waals surface area contributed by atoms with Crippen molar-refractivity contribution in [3.8, 4) is 11.5 Å². The zero-order valence-corrected chi connectivity index (χ0v) is 14.9. The van der Waals surface area contributed by atoms with Gasteiger partial charge < -0.3 is 15.3 Å². The van der Waals surface area contributed by atoms with Gasteiger partial charge in [0.2, 0.25) is 0 Å². The molecule has 2 atom stereocenters. The molecule has 2 aromatic rings. The van der Waals surface area contributed by atoms with Crippen LogP contribution in [0.3, 0.4) is 0 Å². The summed E-state index contributed by atoms with van der Waals surface area (Å²) >= 11 is 0. The summed E-state index contributed by atoms with van der Waals surface area (Å²) in [6, 6.07) is 12.5. The Hall–Kier alpha value is -2.35. The Morgan fingerprint density at radius 3 is 2.00 bits per heavy atom.